The predicted molar refractivity (Wildman–Crippen MR) is 142 cm³/mol. The van der Waals surface area contributed by atoms with Crippen molar-refractivity contribution in [2.24, 2.45) is 0 Å². The zero-order chi connectivity index (χ0) is 31.9. The van der Waals surface area contributed by atoms with Gasteiger partial charge in [0, 0.05) is 25.6 Å². The summed E-state index contributed by atoms with van der Waals surface area (Å²) in [6.45, 7) is 3.32. The van der Waals surface area contributed by atoms with Gasteiger partial charge in [-0.05, 0) is 48.7 Å². The highest BCUT2D eigenvalue weighted by atomic mass is 19.4. The van der Waals surface area contributed by atoms with E-state index >= 15 is 0 Å². The summed E-state index contributed by atoms with van der Waals surface area (Å²) < 4.78 is 127. The summed E-state index contributed by atoms with van der Waals surface area (Å²) in [5.74, 6) is -0.0630. The van der Waals surface area contributed by atoms with Gasteiger partial charge in [-0.3, -0.25) is 0 Å². The van der Waals surface area contributed by atoms with E-state index in [1.807, 2.05) is 11.8 Å². The molecule has 2 N–H and O–H groups in total. The number of fused-ring (bicyclic) bond motifs is 1. The first-order chi connectivity index (χ1) is 20.6. The maximum atomic E-state index is 13.5. The van der Waals surface area contributed by atoms with Crippen molar-refractivity contribution in [1.29, 1.82) is 0 Å². The van der Waals surface area contributed by atoms with Crippen molar-refractivity contribution in [1.82, 2.24) is 15.0 Å². The van der Waals surface area contributed by atoms with E-state index in [9.17, 15) is 39.5 Å². The van der Waals surface area contributed by atoms with E-state index in [1.54, 1.807) is 0 Å². The molecule has 0 bridgehead atoms. The molecule has 16 heteroatoms. The molecule has 0 aliphatic carbocycles. The fourth-order valence-electron chi connectivity index (χ4n) is 5.24. The Kier molecular flexibility index (Phi) is 8.57. The molecule has 0 amide bonds. The fraction of sp³-hybridized carbons (Fsp3) is 0.464. The third-order valence-electron chi connectivity index (χ3n) is 7.44. The number of nitrogens with one attached hydrogen (secondary N) is 2. The SMILES string of the molecule is CC[C@@H]1C[C@H](Nc2ncc(N3CCOCC3)c(Cc3cc(C(F)(F)F)cc(C(F)(F)F)c3)n2)c2nc(C(F)(F)F)ccc2N1. The van der Waals surface area contributed by atoms with Gasteiger partial charge in [-0.1, -0.05) is 6.92 Å². The van der Waals surface area contributed by atoms with Crippen LogP contribution >= 0.6 is 0 Å². The highest BCUT2D eigenvalue weighted by Gasteiger charge is 2.38. The van der Waals surface area contributed by atoms with Gasteiger partial charge in [0.1, 0.15) is 5.69 Å². The van der Waals surface area contributed by atoms with Gasteiger partial charge in [0.2, 0.25) is 5.95 Å². The molecule has 0 unspecified atom stereocenters. The van der Waals surface area contributed by atoms with E-state index in [-0.39, 0.29) is 35.0 Å². The van der Waals surface area contributed by atoms with Crippen LogP contribution in [0.2, 0.25) is 0 Å². The molecular weight excluding hydrogens is 607 g/mol. The Labute approximate surface area is 245 Å². The molecule has 2 aliphatic rings. The van der Waals surface area contributed by atoms with Crippen LogP contribution in [-0.2, 0) is 29.7 Å². The number of alkyl halides is 9. The second-order valence-corrected chi connectivity index (χ2v) is 10.5. The molecule has 0 radical (unpaired) electrons. The molecule has 0 spiro atoms. The predicted octanol–water partition coefficient (Wildman–Crippen LogP) is 7.10. The Morgan fingerprint density at radius 2 is 1.57 bits per heavy atom. The van der Waals surface area contributed by atoms with Crippen molar-refractivity contribution in [2.75, 3.05) is 41.8 Å². The van der Waals surface area contributed by atoms with Crippen LogP contribution in [0.4, 0.5) is 56.8 Å². The number of anilines is 3. The van der Waals surface area contributed by atoms with Crippen molar-refractivity contribution in [3.05, 3.63) is 70.3 Å². The summed E-state index contributed by atoms with van der Waals surface area (Å²) in [4.78, 5) is 14.4. The van der Waals surface area contributed by atoms with Crippen molar-refractivity contribution in [3.8, 4) is 0 Å². The number of ether oxygens (including phenoxy) is 1. The number of rotatable bonds is 6. The minimum Gasteiger partial charge on any atom is -0.381 e. The van der Waals surface area contributed by atoms with Gasteiger partial charge < -0.3 is 20.3 Å². The number of nitrogens with zero attached hydrogens (tertiary/aromatic N) is 4. The molecule has 7 nitrogen and oxygen atoms in total. The van der Waals surface area contributed by atoms with E-state index < -0.39 is 47.8 Å². The molecule has 4 heterocycles. The lowest BCUT2D eigenvalue weighted by atomic mass is 9.95. The average molecular weight is 635 g/mol. The van der Waals surface area contributed by atoms with Gasteiger partial charge in [0.05, 0.1) is 59.3 Å². The summed E-state index contributed by atoms with van der Waals surface area (Å²) in [6.07, 6.45) is -12.8. The minimum absolute atomic E-state index is 0.0558. The Bertz CT molecular complexity index is 1450. The topological polar surface area (TPSA) is 75.2 Å². The lowest BCUT2D eigenvalue weighted by Crippen LogP contribution is -2.37. The number of benzene rings is 1. The smallest absolute Gasteiger partial charge is 0.381 e. The lowest BCUT2D eigenvalue weighted by molar-refractivity contribution is -0.143. The molecule has 5 rings (SSSR count). The van der Waals surface area contributed by atoms with E-state index in [4.69, 9.17) is 4.74 Å². The third kappa shape index (κ3) is 7.11. The molecule has 238 valence electrons. The number of morpholine rings is 1. The lowest BCUT2D eigenvalue weighted by Gasteiger charge is -2.33. The van der Waals surface area contributed by atoms with E-state index in [2.05, 4.69) is 25.6 Å². The second-order valence-electron chi connectivity index (χ2n) is 10.5. The molecule has 44 heavy (non-hydrogen) atoms. The Balaban J connectivity index is 1.54. The van der Waals surface area contributed by atoms with E-state index in [0.29, 0.717) is 62.7 Å². The summed E-state index contributed by atoms with van der Waals surface area (Å²) in [6, 6.07) is 2.61. The maximum Gasteiger partial charge on any atom is 0.433 e. The number of pyridine rings is 1. The Morgan fingerprint density at radius 1 is 0.909 bits per heavy atom. The normalized spacial score (nSPS) is 19.4. The number of halogens is 9. The average Bonchev–Trinajstić information content (AvgIpc) is 2.96. The van der Waals surface area contributed by atoms with Crippen molar-refractivity contribution in [3.63, 3.8) is 0 Å². The molecule has 3 aromatic rings. The largest absolute Gasteiger partial charge is 0.433 e. The first-order valence-electron chi connectivity index (χ1n) is 13.7. The van der Waals surface area contributed by atoms with Crippen LogP contribution in [0.25, 0.3) is 0 Å². The molecule has 2 aliphatic heterocycles. The van der Waals surface area contributed by atoms with Gasteiger partial charge in [0.15, 0.2) is 0 Å². The van der Waals surface area contributed by atoms with Crippen LogP contribution < -0.4 is 15.5 Å². The van der Waals surface area contributed by atoms with Gasteiger partial charge in [0.25, 0.3) is 0 Å². The highest BCUT2D eigenvalue weighted by molar-refractivity contribution is 5.57. The molecule has 1 fully saturated rings. The summed E-state index contributed by atoms with van der Waals surface area (Å²) in [7, 11) is 0. The molecule has 1 aromatic carbocycles. The van der Waals surface area contributed by atoms with Crippen LogP contribution in [0.5, 0.6) is 0 Å². The summed E-state index contributed by atoms with van der Waals surface area (Å²) >= 11 is 0. The standard InChI is InChI=1S/C28H27F9N6O/c1-2-18-13-21(24-19(39-18)3-4-23(42-24)28(35,36)37)41-25-38-14-22(43-5-7-44-8-6-43)20(40-25)11-15-9-16(26(29,30)31)12-17(10-15)27(32,33)34/h3-4,9-10,12,14,18,21,39H,2,5-8,11,13H2,1H3,(H,38,40,41)/t18-,21+/m1/s1. The molecular formula is C28H27F9N6O. The van der Waals surface area contributed by atoms with Gasteiger partial charge >= 0.3 is 18.5 Å². The van der Waals surface area contributed by atoms with Crippen LogP contribution in [0.3, 0.4) is 0 Å². The molecule has 0 saturated carbocycles. The minimum atomic E-state index is -5.03. The second kappa shape index (κ2) is 11.9. The number of aromatic nitrogens is 3. The van der Waals surface area contributed by atoms with Gasteiger partial charge in [-0.15, -0.1) is 0 Å². The van der Waals surface area contributed by atoms with E-state index in [0.717, 1.165) is 6.07 Å². The van der Waals surface area contributed by atoms with Gasteiger partial charge in [-0.2, -0.15) is 39.5 Å². The monoisotopic (exact) mass is 634 g/mol. The van der Waals surface area contributed by atoms with E-state index in [1.165, 1.54) is 12.3 Å². The summed E-state index contributed by atoms with van der Waals surface area (Å²) in [5, 5.41) is 6.17. The molecule has 1 saturated heterocycles. The number of hydrogen-bond donors (Lipinski definition) is 2. The Hall–Kier alpha value is -3.82. The van der Waals surface area contributed by atoms with Gasteiger partial charge in [-0.25, -0.2) is 15.0 Å². The van der Waals surface area contributed by atoms with Crippen molar-refractivity contribution < 1.29 is 44.3 Å². The highest BCUT2D eigenvalue weighted by Crippen LogP contribution is 2.39. The maximum absolute atomic E-state index is 13.5. The first-order valence-corrected chi connectivity index (χ1v) is 13.7. The van der Waals surface area contributed by atoms with Crippen LogP contribution in [0.1, 0.15) is 59.6 Å². The molecule has 2 aromatic heterocycles. The first kappa shape index (κ1) is 31.6. The molecule has 2 atom stereocenters. The van der Waals surface area contributed by atoms with Crippen molar-refractivity contribution >= 4 is 17.3 Å². The van der Waals surface area contributed by atoms with Crippen molar-refractivity contribution in [2.45, 2.75) is 56.8 Å². The van der Waals surface area contributed by atoms with Crippen LogP contribution in [0, 0.1) is 0 Å². The van der Waals surface area contributed by atoms with Crippen LogP contribution in [0.15, 0.2) is 36.5 Å². The zero-order valence-electron chi connectivity index (χ0n) is 23.2. The Morgan fingerprint density at radius 3 is 2.16 bits per heavy atom. The number of hydrogen-bond acceptors (Lipinski definition) is 7. The third-order valence-corrected chi connectivity index (χ3v) is 7.44. The summed E-state index contributed by atoms with van der Waals surface area (Å²) in [5.41, 5.74) is -3.27. The van der Waals surface area contributed by atoms with Crippen LogP contribution in [-0.4, -0.2) is 47.3 Å². The fourth-order valence-corrected chi connectivity index (χ4v) is 5.24. The quantitative estimate of drug-likeness (QED) is 0.280. The zero-order valence-corrected chi connectivity index (χ0v) is 23.2.